The third kappa shape index (κ3) is 4.50. The Morgan fingerprint density at radius 1 is 1.25 bits per heavy atom. The number of aliphatic hydroxyl groups is 1. The molecule has 1 aromatic rings. The summed E-state index contributed by atoms with van der Waals surface area (Å²) < 4.78 is 5.81. The van der Waals surface area contributed by atoms with Crippen LogP contribution in [0, 0.1) is 6.92 Å². The molecule has 0 spiro atoms. The van der Waals surface area contributed by atoms with Crippen molar-refractivity contribution < 1.29 is 9.84 Å². The fourth-order valence-corrected chi connectivity index (χ4v) is 2.19. The van der Waals surface area contributed by atoms with E-state index in [0.717, 1.165) is 17.9 Å². The molecule has 0 aliphatic carbocycles. The summed E-state index contributed by atoms with van der Waals surface area (Å²) in [7, 11) is 0. The molecule has 0 heterocycles. The van der Waals surface area contributed by atoms with Gasteiger partial charge >= 0.3 is 0 Å². The molecular formula is C17H29NO2. The molecule has 1 rings (SSSR count). The standard InChI is InChI=1S/C17H29NO2/c1-6-17(19,7-2)12-20-16-10-9-15(11-13(16)4)14(5)18-8-3/h9-11,14,18-19H,6-8,12H2,1-5H3. The van der Waals surface area contributed by atoms with E-state index in [1.54, 1.807) is 0 Å². The van der Waals surface area contributed by atoms with Gasteiger partial charge in [0.15, 0.2) is 0 Å². The lowest BCUT2D eigenvalue weighted by atomic mass is 9.99. The monoisotopic (exact) mass is 279 g/mol. The van der Waals surface area contributed by atoms with Crippen LogP contribution in [-0.2, 0) is 0 Å². The number of benzene rings is 1. The molecule has 1 aromatic carbocycles. The third-order valence-corrected chi connectivity index (χ3v) is 4.02. The molecule has 1 unspecified atom stereocenters. The highest BCUT2D eigenvalue weighted by Crippen LogP contribution is 2.24. The Morgan fingerprint density at radius 2 is 1.90 bits per heavy atom. The van der Waals surface area contributed by atoms with E-state index >= 15 is 0 Å². The summed E-state index contributed by atoms with van der Waals surface area (Å²) >= 11 is 0. The van der Waals surface area contributed by atoms with Crippen LogP contribution in [-0.4, -0.2) is 23.9 Å². The van der Waals surface area contributed by atoms with Gasteiger partial charge in [0.25, 0.3) is 0 Å². The molecule has 1 atom stereocenters. The van der Waals surface area contributed by atoms with Crippen molar-refractivity contribution in [1.82, 2.24) is 5.32 Å². The average molecular weight is 279 g/mol. The van der Waals surface area contributed by atoms with Gasteiger partial charge in [-0.25, -0.2) is 0 Å². The second-order valence-corrected chi connectivity index (χ2v) is 5.52. The number of rotatable bonds is 8. The first-order valence-corrected chi connectivity index (χ1v) is 7.64. The molecule has 2 N–H and O–H groups in total. The maximum absolute atomic E-state index is 10.3. The highest BCUT2D eigenvalue weighted by atomic mass is 16.5. The van der Waals surface area contributed by atoms with Crippen molar-refractivity contribution in [3.8, 4) is 5.75 Å². The fourth-order valence-electron chi connectivity index (χ4n) is 2.19. The molecule has 0 amide bonds. The van der Waals surface area contributed by atoms with E-state index in [4.69, 9.17) is 4.74 Å². The fraction of sp³-hybridized carbons (Fsp3) is 0.647. The molecule has 0 radical (unpaired) electrons. The van der Waals surface area contributed by atoms with E-state index in [2.05, 4.69) is 38.2 Å². The summed E-state index contributed by atoms with van der Waals surface area (Å²) in [5.41, 5.74) is 1.65. The predicted octanol–water partition coefficient (Wildman–Crippen LogP) is 3.60. The van der Waals surface area contributed by atoms with Gasteiger partial charge in [-0.15, -0.1) is 0 Å². The second kappa shape index (κ2) is 7.65. The third-order valence-electron chi connectivity index (χ3n) is 4.02. The molecule has 0 aromatic heterocycles. The molecule has 0 aliphatic heterocycles. The Balaban J connectivity index is 2.74. The Labute approximate surface area is 123 Å². The Morgan fingerprint density at radius 3 is 2.40 bits per heavy atom. The zero-order valence-corrected chi connectivity index (χ0v) is 13.5. The van der Waals surface area contributed by atoms with Gasteiger partial charge in [-0.3, -0.25) is 0 Å². The van der Waals surface area contributed by atoms with Crippen LogP contribution in [0.3, 0.4) is 0 Å². The summed E-state index contributed by atoms with van der Waals surface area (Å²) in [5, 5.41) is 13.7. The highest BCUT2D eigenvalue weighted by Gasteiger charge is 2.23. The molecule has 0 bridgehead atoms. The summed E-state index contributed by atoms with van der Waals surface area (Å²) in [4.78, 5) is 0. The lowest BCUT2D eigenvalue weighted by Crippen LogP contribution is -2.34. The van der Waals surface area contributed by atoms with Gasteiger partial charge in [0.2, 0.25) is 0 Å². The van der Waals surface area contributed by atoms with Gasteiger partial charge in [0.1, 0.15) is 12.4 Å². The molecule has 3 nitrogen and oxygen atoms in total. The van der Waals surface area contributed by atoms with Crippen molar-refractivity contribution in [2.45, 2.75) is 59.1 Å². The van der Waals surface area contributed by atoms with Gasteiger partial charge in [0.05, 0.1) is 5.60 Å². The lowest BCUT2D eigenvalue weighted by Gasteiger charge is -2.25. The molecule has 0 fully saturated rings. The molecule has 20 heavy (non-hydrogen) atoms. The maximum Gasteiger partial charge on any atom is 0.122 e. The summed E-state index contributed by atoms with van der Waals surface area (Å²) in [6.45, 7) is 11.6. The van der Waals surface area contributed by atoms with Gasteiger partial charge < -0.3 is 15.2 Å². The van der Waals surface area contributed by atoms with Gasteiger partial charge in [-0.05, 0) is 50.4 Å². The lowest BCUT2D eigenvalue weighted by molar-refractivity contribution is -0.0115. The first-order chi connectivity index (χ1) is 9.45. The molecule has 114 valence electrons. The zero-order chi connectivity index (χ0) is 15.2. The van der Waals surface area contributed by atoms with Crippen molar-refractivity contribution in [2.75, 3.05) is 13.2 Å². The van der Waals surface area contributed by atoms with Crippen LogP contribution in [0.2, 0.25) is 0 Å². The zero-order valence-electron chi connectivity index (χ0n) is 13.5. The Kier molecular flexibility index (Phi) is 6.50. The molecule has 0 aliphatic rings. The van der Waals surface area contributed by atoms with Crippen LogP contribution in [0.5, 0.6) is 5.75 Å². The largest absolute Gasteiger partial charge is 0.490 e. The normalized spacial score (nSPS) is 13.3. The SMILES string of the molecule is CCNC(C)c1ccc(OCC(O)(CC)CC)c(C)c1. The van der Waals surface area contributed by atoms with Gasteiger partial charge in [-0.2, -0.15) is 0 Å². The molecule has 0 saturated heterocycles. The number of hydrogen-bond acceptors (Lipinski definition) is 3. The minimum absolute atomic E-state index is 0.343. The van der Waals surface area contributed by atoms with Crippen LogP contribution in [0.15, 0.2) is 18.2 Å². The van der Waals surface area contributed by atoms with E-state index in [9.17, 15) is 5.11 Å². The summed E-state index contributed by atoms with van der Waals surface area (Å²) in [6, 6.07) is 6.59. The quantitative estimate of drug-likeness (QED) is 0.764. The average Bonchev–Trinajstić information content (AvgIpc) is 2.45. The number of ether oxygens (including phenoxy) is 1. The number of nitrogens with one attached hydrogen (secondary N) is 1. The second-order valence-electron chi connectivity index (χ2n) is 5.52. The Bertz CT molecular complexity index is 413. The van der Waals surface area contributed by atoms with Gasteiger partial charge in [-0.1, -0.05) is 32.9 Å². The predicted molar refractivity (Wildman–Crippen MR) is 84.3 cm³/mol. The molecule has 3 heteroatoms. The van der Waals surface area contributed by atoms with E-state index in [0.29, 0.717) is 25.5 Å². The minimum atomic E-state index is -0.720. The summed E-state index contributed by atoms with van der Waals surface area (Å²) in [5.74, 6) is 0.859. The van der Waals surface area contributed by atoms with Crippen LogP contribution >= 0.6 is 0 Å². The minimum Gasteiger partial charge on any atom is -0.490 e. The number of aryl methyl sites for hydroxylation is 1. The van der Waals surface area contributed by atoms with E-state index in [1.165, 1.54) is 5.56 Å². The molecular weight excluding hydrogens is 250 g/mol. The van der Waals surface area contributed by atoms with Crippen LogP contribution in [0.1, 0.15) is 57.7 Å². The van der Waals surface area contributed by atoms with Crippen molar-refractivity contribution >= 4 is 0 Å². The molecule has 0 saturated carbocycles. The van der Waals surface area contributed by atoms with Crippen molar-refractivity contribution in [1.29, 1.82) is 0 Å². The first-order valence-electron chi connectivity index (χ1n) is 7.64. The van der Waals surface area contributed by atoms with Gasteiger partial charge in [0, 0.05) is 6.04 Å². The van der Waals surface area contributed by atoms with Crippen molar-refractivity contribution in [2.24, 2.45) is 0 Å². The van der Waals surface area contributed by atoms with Crippen molar-refractivity contribution in [3.05, 3.63) is 29.3 Å². The topological polar surface area (TPSA) is 41.5 Å². The van der Waals surface area contributed by atoms with E-state index in [-0.39, 0.29) is 0 Å². The van der Waals surface area contributed by atoms with Crippen LogP contribution in [0.4, 0.5) is 0 Å². The van der Waals surface area contributed by atoms with E-state index < -0.39 is 5.60 Å². The van der Waals surface area contributed by atoms with E-state index in [1.807, 2.05) is 19.9 Å². The van der Waals surface area contributed by atoms with Crippen LogP contribution in [0.25, 0.3) is 0 Å². The highest BCUT2D eigenvalue weighted by molar-refractivity contribution is 5.37. The van der Waals surface area contributed by atoms with Crippen molar-refractivity contribution in [3.63, 3.8) is 0 Å². The first kappa shape index (κ1) is 17.0. The summed E-state index contributed by atoms with van der Waals surface area (Å²) in [6.07, 6.45) is 1.41. The smallest absolute Gasteiger partial charge is 0.122 e. The van der Waals surface area contributed by atoms with Crippen LogP contribution < -0.4 is 10.1 Å². The maximum atomic E-state index is 10.3. The Hall–Kier alpha value is -1.06. The number of hydrogen-bond donors (Lipinski definition) is 2.